The summed E-state index contributed by atoms with van der Waals surface area (Å²) >= 11 is 0. The van der Waals surface area contributed by atoms with Crippen molar-refractivity contribution in [2.24, 2.45) is 5.92 Å². The first-order chi connectivity index (χ1) is 10.1. The fourth-order valence-corrected chi connectivity index (χ4v) is 2.76. The Morgan fingerprint density at radius 1 is 1.24 bits per heavy atom. The maximum Gasteiger partial charge on any atom is 0.222 e. The van der Waals surface area contributed by atoms with E-state index in [2.05, 4.69) is 34.5 Å². The standard InChI is InChI=1S/C17H27N3O/c1-19(2)16-8-6-14(7-9-16)13-20(3)17(21)11-15-5-4-10-18-12-15/h6-9,15,18H,4-5,10-13H2,1-3H3. The third kappa shape index (κ3) is 4.74. The molecule has 1 atom stereocenters. The highest BCUT2D eigenvalue weighted by molar-refractivity contribution is 5.76. The number of amides is 1. The van der Waals surface area contributed by atoms with Crippen LogP contribution in [0.15, 0.2) is 24.3 Å². The highest BCUT2D eigenvalue weighted by Gasteiger charge is 2.19. The van der Waals surface area contributed by atoms with Gasteiger partial charge in [-0.15, -0.1) is 0 Å². The lowest BCUT2D eigenvalue weighted by Crippen LogP contribution is -2.34. The summed E-state index contributed by atoms with van der Waals surface area (Å²) in [5, 5.41) is 3.37. The fourth-order valence-electron chi connectivity index (χ4n) is 2.76. The SMILES string of the molecule is CN(Cc1ccc(N(C)C)cc1)C(=O)CC1CCCNC1. The van der Waals surface area contributed by atoms with Crippen molar-refractivity contribution in [2.45, 2.75) is 25.8 Å². The van der Waals surface area contributed by atoms with E-state index in [1.54, 1.807) is 0 Å². The third-order valence-corrected chi connectivity index (χ3v) is 4.16. The molecule has 4 heteroatoms. The summed E-state index contributed by atoms with van der Waals surface area (Å²) in [5.41, 5.74) is 2.36. The smallest absolute Gasteiger partial charge is 0.222 e. The third-order valence-electron chi connectivity index (χ3n) is 4.16. The van der Waals surface area contributed by atoms with E-state index in [1.165, 1.54) is 24.1 Å². The minimum absolute atomic E-state index is 0.250. The van der Waals surface area contributed by atoms with Crippen molar-refractivity contribution < 1.29 is 4.79 Å². The molecule has 1 heterocycles. The predicted molar refractivity (Wildman–Crippen MR) is 87.5 cm³/mol. The molecule has 0 bridgehead atoms. The summed E-state index contributed by atoms with van der Waals surface area (Å²) in [6.07, 6.45) is 3.02. The lowest BCUT2D eigenvalue weighted by Gasteiger charge is -2.25. The summed E-state index contributed by atoms with van der Waals surface area (Å²) < 4.78 is 0. The Morgan fingerprint density at radius 2 is 1.95 bits per heavy atom. The summed E-state index contributed by atoms with van der Waals surface area (Å²) in [6, 6.07) is 8.39. The van der Waals surface area contributed by atoms with E-state index in [1.807, 2.05) is 26.0 Å². The van der Waals surface area contributed by atoms with Gasteiger partial charge in [-0.05, 0) is 49.5 Å². The van der Waals surface area contributed by atoms with Crippen molar-refractivity contribution in [1.29, 1.82) is 0 Å². The number of piperidine rings is 1. The normalized spacial score (nSPS) is 18.3. The molecule has 0 radical (unpaired) electrons. The highest BCUT2D eigenvalue weighted by Crippen LogP contribution is 2.17. The van der Waals surface area contributed by atoms with Crippen LogP contribution in [0, 0.1) is 5.92 Å². The van der Waals surface area contributed by atoms with Crippen molar-refractivity contribution in [2.75, 3.05) is 39.1 Å². The van der Waals surface area contributed by atoms with Gasteiger partial charge in [0.15, 0.2) is 0 Å². The number of anilines is 1. The van der Waals surface area contributed by atoms with E-state index in [-0.39, 0.29) is 5.91 Å². The minimum Gasteiger partial charge on any atom is -0.378 e. The monoisotopic (exact) mass is 289 g/mol. The molecule has 1 saturated heterocycles. The molecule has 1 unspecified atom stereocenters. The number of hydrogen-bond donors (Lipinski definition) is 1. The van der Waals surface area contributed by atoms with Gasteiger partial charge in [0, 0.05) is 39.8 Å². The van der Waals surface area contributed by atoms with E-state index in [9.17, 15) is 4.79 Å². The maximum atomic E-state index is 12.3. The summed E-state index contributed by atoms with van der Waals surface area (Å²) in [5.74, 6) is 0.755. The van der Waals surface area contributed by atoms with Crippen LogP contribution in [-0.2, 0) is 11.3 Å². The largest absolute Gasteiger partial charge is 0.378 e. The Balaban J connectivity index is 1.84. The number of carbonyl (C=O) groups is 1. The second-order valence-corrected chi connectivity index (χ2v) is 6.23. The molecule has 2 rings (SSSR count). The van der Waals surface area contributed by atoms with Gasteiger partial charge in [0.2, 0.25) is 5.91 Å². The lowest BCUT2D eigenvalue weighted by atomic mass is 9.95. The molecule has 0 aromatic heterocycles. The van der Waals surface area contributed by atoms with Crippen molar-refractivity contribution in [3.8, 4) is 0 Å². The first kappa shape index (κ1) is 15.8. The lowest BCUT2D eigenvalue weighted by molar-refractivity contribution is -0.131. The molecule has 1 aromatic rings. The molecule has 0 aliphatic carbocycles. The minimum atomic E-state index is 0.250. The first-order valence-electron chi connectivity index (χ1n) is 7.77. The quantitative estimate of drug-likeness (QED) is 0.901. The van der Waals surface area contributed by atoms with Crippen LogP contribution >= 0.6 is 0 Å². The topological polar surface area (TPSA) is 35.6 Å². The van der Waals surface area contributed by atoms with Crippen LogP contribution in [0.5, 0.6) is 0 Å². The van der Waals surface area contributed by atoms with Crippen LogP contribution in [0.4, 0.5) is 5.69 Å². The molecule has 0 saturated carbocycles. The second kappa shape index (κ2) is 7.46. The van der Waals surface area contributed by atoms with E-state index >= 15 is 0 Å². The van der Waals surface area contributed by atoms with E-state index in [0.29, 0.717) is 18.9 Å². The zero-order valence-electron chi connectivity index (χ0n) is 13.4. The molecule has 116 valence electrons. The molecule has 4 nitrogen and oxygen atoms in total. The molecule has 1 N–H and O–H groups in total. The number of carbonyl (C=O) groups excluding carboxylic acids is 1. The Hall–Kier alpha value is -1.55. The Labute approximate surface area is 128 Å². The number of rotatable bonds is 5. The number of nitrogens with one attached hydrogen (secondary N) is 1. The van der Waals surface area contributed by atoms with Gasteiger partial charge in [-0.2, -0.15) is 0 Å². The van der Waals surface area contributed by atoms with Crippen LogP contribution in [0.25, 0.3) is 0 Å². The Kier molecular flexibility index (Phi) is 5.62. The van der Waals surface area contributed by atoms with Crippen LogP contribution in [-0.4, -0.2) is 45.0 Å². The van der Waals surface area contributed by atoms with Crippen LogP contribution in [0.3, 0.4) is 0 Å². The first-order valence-corrected chi connectivity index (χ1v) is 7.77. The highest BCUT2D eigenvalue weighted by atomic mass is 16.2. The molecule has 21 heavy (non-hydrogen) atoms. The molecule has 0 spiro atoms. The van der Waals surface area contributed by atoms with Gasteiger partial charge in [-0.1, -0.05) is 12.1 Å². The van der Waals surface area contributed by atoms with Gasteiger partial charge in [-0.25, -0.2) is 0 Å². The van der Waals surface area contributed by atoms with Gasteiger partial charge >= 0.3 is 0 Å². The molecule has 1 aliphatic heterocycles. The predicted octanol–water partition coefficient (Wildman–Crippen LogP) is 2.10. The second-order valence-electron chi connectivity index (χ2n) is 6.23. The molecule has 1 fully saturated rings. The zero-order chi connectivity index (χ0) is 15.2. The fraction of sp³-hybridized carbons (Fsp3) is 0.588. The van der Waals surface area contributed by atoms with Gasteiger partial charge in [0.05, 0.1) is 0 Å². The van der Waals surface area contributed by atoms with Crippen LogP contribution in [0.1, 0.15) is 24.8 Å². The van der Waals surface area contributed by atoms with Crippen molar-refractivity contribution >= 4 is 11.6 Å². The number of nitrogens with zero attached hydrogens (tertiary/aromatic N) is 2. The van der Waals surface area contributed by atoms with Crippen molar-refractivity contribution in [1.82, 2.24) is 10.2 Å². The Bertz CT molecular complexity index is 450. The average Bonchev–Trinajstić information content (AvgIpc) is 2.48. The maximum absolute atomic E-state index is 12.3. The van der Waals surface area contributed by atoms with E-state index in [4.69, 9.17) is 0 Å². The molecule has 1 aliphatic rings. The average molecular weight is 289 g/mol. The van der Waals surface area contributed by atoms with Crippen molar-refractivity contribution in [3.63, 3.8) is 0 Å². The summed E-state index contributed by atoms with van der Waals surface area (Å²) in [7, 11) is 5.96. The zero-order valence-corrected chi connectivity index (χ0v) is 13.4. The molecular formula is C17H27N3O. The van der Waals surface area contributed by atoms with E-state index < -0.39 is 0 Å². The Morgan fingerprint density at radius 3 is 2.52 bits per heavy atom. The summed E-state index contributed by atoms with van der Waals surface area (Å²) in [4.78, 5) is 16.2. The summed E-state index contributed by atoms with van der Waals surface area (Å²) in [6.45, 7) is 2.77. The number of benzene rings is 1. The van der Waals surface area contributed by atoms with Crippen molar-refractivity contribution in [3.05, 3.63) is 29.8 Å². The van der Waals surface area contributed by atoms with Crippen LogP contribution < -0.4 is 10.2 Å². The van der Waals surface area contributed by atoms with Gasteiger partial charge in [0.1, 0.15) is 0 Å². The molecule has 1 amide bonds. The van der Waals surface area contributed by atoms with Gasteiger partial charge < -0.3 is 15.1 Å². The molecule has 1 aromatic carbocycles. The van der Waals surface area contributed by atoms with E-state index in [0.717, 1.165) is 13.1 Å². The van der Waals surface area contributed by atoms with Gasteiger partial charge in [0.25, 0.3) is 0 Å². The number of hydrogen-bond acceptors (Lipinski definition) is 3. The molecular weight excluding hydrogens is 262 g/mol. The van der Waals surface area contributed by atoms with Gasteiger partial charge in [-0.3, -0.25) is 4.79 Å². The van der Waals surface area contributed by atoms with Crippen LogP contribution in [0.2, 0.25) is 0 Å².